The third kappa shape index (κ3) is 3.35. The summed E-state index contributed by atoms with van der Waals surface area (Å²) in [7, 11) is 0. The number of amides is 2. The highest BCUT2D eigenvalue weighted by atomic mass is 16.5. The standard InChI is InChI=1S/C20H26N2O5/c1-13(23)14-2-4-16(5-3-14)21-19(24)22-10-15-11-27-9-7-20(15,25)17-12-26-8-6-18(17)22/h2-5,15,17-18,25H,6-12H2,1H3,(H,21,24)/t15-,17+,18-,20-/m1/s1. The van der Waals surface area contributed by atoms with Crippen molar-refractivity contribution in [1.82, 2.24) is 4.90 Å². The summed E-state index contributed by atoms with van der Waals surface area (Å²) in [4.78, 5) is 26.2. The number of carbonyl (C=O) groups excluding carboxylic acids is 2. The number of rotatable bonds is 2. The van der Waals surface area contributed by atoms with Gasteiger partial charge in [0.15, 0.2) is 5.78 Å². The number of benzene rings is 1. The number of Topliss-reactive ketones (excluding diaryl/α,β-unsaturated/α-hetero) is 1. The van der Waals surface area contributed by atoms with Gasteiger partial charge in [0.2, 0.25) is 0 Å². The van der Waals surface area contributed by atoms with Crippen molar-refractivity contribution in [1.29, 1.82) is 0 Å². The van der Waals surface area contributed by atoms with E-state index in [0.29, 0.717) is 50.6 Å². The average molecular weight is 374 g/mol. The van der Waals surface area contributed by atoms with Gasteiger partial charge < -0.3 is 24.8 Å². The molecular weight excluding hydrogens is 348 g/mol. The van der Waals surface area contributed by atoms with Gasteiger partial charge in [0.05, 0.1) is 18.8 Å². The zero-order valence-electron chi connectivity index (χ0n) is 15.5. The first-order valence-electron chi connectivity index (χ1n) is 9.55. The molecule has 3 fully saturated rings. The van der Waals surface area contributed by atoms with Gasteiger partial charge in [-0.1, -0.05) is 0 Å². The molecule has 0 aromatic heterocycles. The third-order valence-corrected chi connectivity index (χ3v) is 6.26. The van der Waals surface area contributed by atoms with Crippen LogP contribution in [-0.2, 0) is 9.47 Å². The molecule has 0 saturated carbocycles. The Labute approximate surface area is 158 Å². The van der Waals surface area contributed by atoms with Crippen LogP contribution in [0.4, 0.5) is 10.5 Å². The van der Waals surface area contributed by atoms with Crippen molar-refractivity contribution in [3.8, 4) is 0 Å². The number of ether oxygens (including phenoxy) is 2. The molecule has 3 aliphatic heterocycles. The summed E-state index contributed by atoms with van der Waals surface area (Å²) in [6, 6.07) is 6.66. The van der Waals surface area contributed by atoms with E-state index in [-0.39, 0.29) is 29.7 Å². The van der Waals surface area contributed by atoms with E-state index in [0.717, 1.165) is 6.42 Å². The Bertz CT molecular complexity index is 722. The number of likely N-dealkylation sites (tertiary alicyclic amines) is 1. The van der Waals surface area contributed by atoms with E-state index in [2.05, 4.69) is 5.32 Å². The number of nitrogens with one attached hydrogen (secondary N) is 1. The normalized spacial score (nSPS) is 33.0. The quantitative estimate of drug-likeness (QED) is 0.772. The van der Waals surface area contributed by atoms with Gasteiger partial charge in [-0.3, -0.25) is 4.79 Å². The van der Waals surface area contributed by atoms with Gasteiger partial charge in [-0.15, -0.1) is 0 Å². The van der Waals surface area contributed by atoms with Crippen LogP contribution in [0.3, 0.4) is 0 Å². The molecule has 3 saturated heterocycles. The molecule has 0 spiro atoms. The minimum Gasteiger partial charge on any atom is -0.389 e. The van der Waals surface area contributed by atoms with Gasteiger partial charge in [-0.05, 0) is 37.6 Å². The molecule has 4 atom stereocenters. The number of hydrogen-bond donors (Lipinski definition) is 2. The molecule has 4 rings (SSSR count). The Morgan fingerprint density at radius 2 is 1.93 bits per heavy atom. The largest absolute Gasteiger partial charge is 0.389 e. The van der Waals surface area contributed by atoms with Crippen LogP contribution in [0.1, 0.15) is 30.1 Å². The molecule has 0 radical (unpaired) electrons. The van der Waals surface area contributed by atoms with E-state index >= 15 is 0 Å². The highest BCUT2D eigenvalue weighted by Crippen LogP contribution is 2.44. The molecule has 27 heavy (non-hydrogen) atoms. The monoisotopic (exact) mass is 374 g/mol. The third-order valence-electron chi connectivity index (χ3n) is 6.26. The SMILES string of the molecule is CC(=O)c1ccc(NC(=O)N2C[C@@H]3COCC[C@]3(O)[C@H]3COCC[C@H]32)cc1. The fourth-order valence-corrected chi connectivity index (χ4v) is 4.68. The molecule has 1 aromatic rings. The van der Waals surface area contributed by atoms with Crippen LogP contribution in [0.5, 0.6) is 0 Å². The van der Waals surface area contributed by atoms with Crippen LogP contribution in [-0.4, -0.2) is 66.4 Å². The van der Waals surface area contributed by atoms with E-state index in [9.17, 15) is 14.7 Å². The van der Waals surface area contributed by atoms with Gasteiger partial charge in [0.1, 0.15) is 0 Å². The fourth-order valence-electron chi connectivity index (χ4n) is 4.68. The topological polar surface area (TPSA) is 88.1 Å². The molecule has 2 N–H and O–H groups in total. The zero-order valence-corrected chi connectivity index (χ0v) is 15.5. The first kappa shape index (κ1) is 18.4. The maximum Gasteiger partial charge on any atom is 0.322 e. The molecule has 3 aliphatic rings. The Hall–Kier alpha value is -1.96. The van der Waals surface area contributed by atoms with Gasteiger partial charge in [-0.2, -0.15) is 0 Å². The predicted octanol–water partition coefficient (Wildman–Crippen LogP) is 1.91. The lowest BCUT2D eigenvalue weighted by atomic mass is 9.66. The number of fused-ring (bicyclic) bond motifs is 3. The summed E-state index contributed by atoms with van der Waals surface area (Å²) in [6.45, 7) is 4.04. The lowest BCUT2D eigenvalue weighted by molar-refractivity contribution is -0.211. The molecule has 7 heteroatoms. The first-order valence-corrected chi connectivity index (χ1v) is 9.55. The van der Waals surface area contributed by atoms with Crippen molar-refractivity contribution in [2.45, 2.75) is 31.4 Å². The molecule has 3 heterocycles. The lowest BCUT2D eigenvalue weighted by Gasteiger charge is -2.56. The van der Waals surface area contributed by atoms with E-state index in [1.165, 1.54) is 6.92 Å². The Balaban J connectivity index is 1.53. The van der Waals surface area contributed by atoms with Crippen molar-refractivity contribution in [3.63, 3.8) is 0 Å². The van der Waals surface area contributed by atoms with Gasteiger partial charge in [0, 0.05) is 55.3 Å². The zero-order chi connectivity index (χ0) is 19.0. The van der Waals surface area contributed by atoms with Gasteiger partial charge in [-0.25, -0.2) is 4.79 Å². The number of aliphatic hydroxyl groups is 1. The highest BCUT2D eigenvalue weighted by molar-refractivity contribution is 5.95. The molecule has 7 nitrogen and oxygen atoms in total. The predicted molar refractivity (Wildman–Crippen MR) is 98.8 cm³/mol. The van der Waals surface area contributed by atoms with Crippen molar-refractivity contribution < 1.29 is 24.2 Å². The van der Waals surface area contributed by atoms with Crippen LogP contribution >= 0.6 is 0 Å². The number of nitrogens with zero attached hydrogens (tertiary/aromatic N) is 1. The maximum absolute atomic E-state index is 13.0. The average Bonchev–Trinajstić information content (AvgIpc) is 2.68. The molecule has 146 valence electrons. The second-order valence-electron chi connectivity index (χ2n) is 7.77. The lowest BCUT2D eigenvalue weighted by Crippen LogP contribution is -2.69. The Morgan fingerprint density at radius 3 is 2.67 bits per heavy atom. The summed E-state index contributed by atoms with van der Waals surface area (Å²) in [5.41, 5.74) is 0.428. The summed E-state index contributed by atoms with van der Waals surface area (Å²) >= 11 is 0. The van der Waals surface area contributed by atoms with Gasteiger partial charge >= 0.3 is 6.03 Å². The fraction of sp³-hybridized carbons (Fsp3) is 0.600. The van der Waals surface area contributed by atoms with E-state index in [1.54, 1.807) is 24.3 Å². The molecule has 1 aromatic carbocycles. The van der Waals surface area contributed by atoms with Crippen LogP contribution < -0.4 is 5.32 Å². The van der Waals surface area contributed by atoms with Crippen LogP contribution in [0.25, 0.3) is 0 Å². The molecule has 0 aliphatic carbocycles. The minimum absolute atomic E-state index is 0.00876. The van der Waals surface area contributed by atoms with Crippen molar-refractivity contribution in [3.05, 3.63) is 29.8 Å². The van der Waals surface area contributed by atoms with E-state index in [1.807, 2.05) is 4.90 Å². The smallest absolute Gasteiger partial charge is 0.322 e. The van der Waals surface area contributed by atoms with E-state index in [4.69, 9.17) is 9.47 Å². The first-order chi connectivity index (χ1) is 13.0. The van der Waals surface area contributed by atoms with Crippen molar-refractivity contribution in [2.75, 3.05) is 38.3 Å². The molecular formula is C20H26N2O5. The van der Waals surface area contributed by atoms with Crippen molar-refractivity contribution >= 4 is 17.5 Å². The summed E-state index contributed by atoms with van der Waals surface area (Å²) in [5.74, 6) is -0.217. The number of ketones is 1. The second kappa shape index (κ2) is 7.22. The summed E-state index contributed by atoms with van der Waals surface area (Å²) < 4.78 is 11.2. The maximum atomic E-state index is 13.0. The Kier molecular flexibility index (Phi) is 4.92. The molecule has 2 amide bonds. The van der Waals surface area contributed by atoms with E-state index < -0.39 is 5.60 Å². The van der Waals surface area contributed by atoms with Crippen LogP contribution in [0.15, 0.2) is 24.3 Å². The number of urea groups is 1. The summed E-state index contributed by atoms with van der Waals surface area (Å²) in [5, 5.41) is 14.2. The number of piperidine rings is 1. The highest BCUT2D eigenvalue weighted by Gasteiger charge is 2.56. The Morgan fingerprint density at radius 1 is 1.19 bits per heavy atom. The number of carbonyl (C=O) groups is 2. The molecule has 0 unspecified atom stereocenters. The van der Waals surface area contributed by atoms with Crippen LogP contribution in [0, 0.1) is 11.8 Å². The second-order valence-corrected chi connectivity index (χ2v) is 7.77. The van der Waals surface area contributed by atoms with Crippen molar-refractivity contribution in [2.24, 2.45) is 11.8 Å². The summed E-state index contributed by atoms with van der Waals surface area (Å²) in [6.07, 6.45) is 1.31. The number of hydrogen-bond acceptors (Lipinski definition) is 5. The van der Waals surface area contributed by atoms with Crippen LogP contribution in [0.2, 0.25) is 0 Å². The van der Waals surface area contributed by atoms with Gasteiger partial charge in [0.25, 0.3) is 0 Å². The minimum atomic E-state index is -0.830. The number of anilines is 1. The molecule has 0 bridgehead atoms.